The van der Waals surface area contributed by atoms with Crippen molar-refractivity contribution in [2.24, 2.45) is 0 Å². The van der Waals surface area contributed by atoms with Gasteiger partial charge in [0.2, 0.25) is 0 Å². The van der Waals surface area contributed by atoms with Crippen LogP contribution in [0.1, 0.15) is 34.8 Å². The molecule has 5 heteroatoms. The van der Waals surface area contributed by atoms with E-state index in [0.717, 1.165) is 30.8 Å². The molecule has 0 saturated carbocycles. The molecule has 1 aliphatic heterocycles. The number of fused-ring (bicyclic) bond motifs is 1. The second kappa shape index (κ2) is 4.68. The molecule has 5 nitrogen and oxygen atoms in total. The predicted molar refractivity (Wildman–Crippen MR) is 65.0 cm³/mol. The first kappa shape index (κ1) is 11.1. The Kier molecular flexibility index (Phi) is 2.88. The number of furan rings is 1. The van der Waals surface area contributed by atoms with Gasteiger partial charge in [-0.1, -0.05) is 0 Å². The van der Waals surface area contributed by atoms with E-state index in [4.69, 9.17) is 4.42 Å². The van der Waals surface area contributed by atoms with Crippen LogP contribution in [0.25, 0.3) is 0 Å². The van der Waals surface area contributed by atoms with Crippen LogP contribution >= 0.6 is 0 Å². The van der Waals surface area contributed by atoms with Crippen molar-refractivity contribution in [1.29, 1.82) is 0 Å². The Morgan fingerprint density at radius 1 is 1.50 bits per heavy atom. The average Bonchev–Trinajstić information content (AvgIpc) is 3.04. The number of carbonyl (C=O) groups excluding carboxylic acids is 1. The van der Waals surface area contributed by atoms with E-state index in [9.17, 15) is 4.79 Å². The lowest BCUT2D eigenvalue weighted by molar-refractivity contribution is 0.0942. The Morgan fingerprint density at radius 2 is 2.44 bits per heavy atom. The van der Waals surface area contributed by atoms with Gasteiger partial charge in [0.05, 0.1) is 12.8 Å². The third kappa shape index (κ3) is 2.16. The van der Waals surface area contributed by atoms with Gasteiger partial charge in [-0.3, -0.25) is 9.48 Å². The number of hydrogen-bond donors (Lipinski definition) is 1. The summed E-state index contributed by atoms with van der Waals surface area (Å²) in [5, 5.41) is 7.13. The van der Waals surface area contributed by atoms with Crippen molar-refractivity contribution < 1.29 is 9.21 Å². The van der Waals surface area contributed by atoms with E-state index in [1.54, 1.807) is 12.3 Å². The van der Waals surface area contributed by atoms with Crippen LogP contribution < -0.4 is 5.32 Å². The lowest BCUT2D eigenvalue weighted by Gasteiger charge is -2.11. The van der Waals surface area contributed by atoms with E-state index in [0.29, 0.717) is 12.2 Å². The minimum Gasteiger partial charge on any atom is -0.467 e. The normalized spacial score (nSPS) is 14.2. The highest BCUT2D eigenvalue weighted by molar-refractivity contribution is 5.92. The second-order valence-electron chi connectivity index (χ2n) is 4.46. The van der Waals surface area contributed by atoms with Crippen LogP contribution in [0.5, 0.6) is 0 Å². The van der Waals surface area contributed by atoms with Gasteiger partial charge in [-0.05, 0) is 37.5 Å². The third-order valence-corrected chi connectivity index (χ3v) is 3.15. The summed E-state index contributed by atoms with van der Waals surface area (Å²) in [5.74, 6) is 0.598. The maximum atomic E-state index is 11.9. The summed E-state index contributed by atoms with van der Waals surface area (Å²) in [6.45, 7) is 1.31. The average molecular weight is 245 g/mol. The summed E-state index contributed by atoms with van der Waals surface area (Å²) in [5.41, 5.74) is 1.66. The summed E-state index contributed by atoms with van der Waals surface area (Å²) < 4.78 is 7.10. The van der Waals surface area contributed by atoms with E-state index in [1.165, 1.54) is 6.42 Å². The van der Waals surface area contributed by atoms with Gasteiger partial charge < -0.3 is 9.73 Å². The van der Waals surface area contributed by atoms with Crippen LogP contribution in [-0.4, -0.2) is 15.7 Å². The van der Waals surface area contributed by atoms with Gasteiger partial charge in [0.25, 0.3) is 5.91 Å². The molecule has 0 unspecified atom stereocenters. The van der Waals surface area contributed by atoms with Crippen LogP contribution in [0.15, 0.2) is 28.9 Å². The van der Waals surface area contributed by atoms with Gasteiger partial charge in [0.15, 0.2) is 0 Å². The topological polar surface area (TPSA) is 60.1 Å². The van der Waals surface area contributed by atoms with Crippen LogP contribution in [0, 0.1) is 0 Å². The molecule has 0 bridgehead atoms. The first-order valence-electron chi connectivity index (χ1n) is 6.20. The molecule has 2 aromatic rings. The number of nitrogens with zero attached hydrogens (tertiary/aromatic N) is 2. The largest absolute Gasteiger partial charge is 0.467 e. The third-order valence-electron chi connectivity index (χ3n) is 3.15. The molecule has 0 aromatic carbocycles. The van der Waals surface area contributed by atoms with Crippen molar-refractivity contribution in [1.82, 2.24) is 15.1 Å². The summed E-state index contributed by atoms with van der Waals surface area (Å²) in [6, 6.07) is 5.52. The van der Waals surface area contributed by atoms with Crippen molar-refractivity contribution in [3.05, 3.63) is 41.6 Å². The monoisotopic (exact) mass is 245 g/mol. The summed E-state index contributed by atoms with van der Waals surface area (Å²) >= 11 is 0. The standard InChI is InChI=1S/C13H15N3O2/c17-13(14-9-11-5-3-7-18-11)12-8-10-4-1-2-6-16(10)15-12/h3,5,7-8H,1-2,4,6,9H2,(H,14,17). The van der Waals surface area contributed by atoms with Gasteiger partial charge >= 0.3 is 0 Å². The molecule has 3 rings (SSSR count). The Hall–Kier alpha value is -2.04. The van der Waals surface area contributed by atoms with Crippen molar-refractivity contribution in [2.75, 3.05) is 0 Å². The van der Waals surface area contributed by atoms with E-state index < -0.39 is 0 Å². The molecule has 0 fully saturated rings. The number of rotatable bonds is 3. The zero-order chi connectivity index (χ0) is 12.4. The molecule has 18 heavy (non-hydrogen) atoms. The van der Waals surface area contributed by atoms with E-state index >= 15 is 0 Å². The van der Waals surface area contributed by atoms with Crippen molar-refractivity contribution >= 4 is 5.91 Å². The van der Waals surface area contributed by atoms with E-state index in [-0.39, 0.29) is 5.91 Å². The first-order valence-corrected chi connectivity index (χ1v) is 6.20. The van der Waals surface area contributed by atoms with Crippen LogP contribution in [0.2, 0.25) is 0 Å². The van der Waals surface area contributed by atoms with Crippen LogP contribution in [0.4, 0.5) is 0 Å². The molecular formula is C13H15N3O2. The van der Waals surface area contributed by atoms with Crippen molar-refractivity contribution in [3.63, 3.8) is 0 Å². The quantitative estimate of drug-likeness (QED) is 0.896. The molecule has 1 aliphatic rings. The number of hydrogen-bond acceptors (Lipinski definition) is 3. The highest BCUT2D eigenvalue weighted by Gasteiger charge is 2.16. The number of carbonyl (C=O) groups is 1. The predicted octanol–water partition coefficient (Wildman–Crippen LogP) is 1.74. The zero-order valence-electron chi connectivity index (χ0n) is 10.1. The number of aryl methyl sites for hydroxylation is 2. The molecule has 0 aliphatic carbocycles. The number of nitrogens with one attached hydrogen (secondary N) is 1. The zero-order valence-corrected chi connectivity index (χ0v) is 10.1. The molecule has 0 atom stereocenters. The minimum absolute atomic E-state index is 0.145. The van der Waals surface area contributed by atoms with Gasteiger partial charge in [-0.25, -0.2) is 0 Å². The lowest BCUT2D eigenvalue weighted by Crippen LogP contribution is -2.23. The molecule has 0 saturated heterocycles. The number of amides is 1. The molecular weight excluding hydrogens is 230 g/mol. The molecule has 94 valence electrons. The van der Waals surface area contributed by atoms with Gasteiger partial charge in [-0.2, -0.15) is 5.10 Å². The van der Waals surface area contributed by atoms with Gasteiger partial charge in [0.1, 0.15) is 11.5 Å². The molecule has 0 radical (unpaired) electrons. The lowest BCUT2D eigenvalue weighted by atomic mass is 10.1. The highest BCUT2D eigenvalue weighted by atomic mass is 16.3. The van der Waals surface area contributed by atoms with Crippen molar-refractivity contribution in [2.45, 2.75) is 32.4 Å². The minimum atomic E-state index is -0.145. The molecule has 1 N–H and O–H groups in total. The Balaban J connectivity index is 1.67. The maximum absolute atomic E-state index is 11.9. The van der Waals surface area contributed by atoms with E-state index in [1.807, 2.05) is 16.8 Å². The summed E-state index contributed by atoms with van der Waals surface area (Å²) in [7, 11) is 0. The van der Waals surface area contributed by atoms with Crippen LogP contribution in [0.3, 0.4) is 0 Å². The summed E-state index contributed by atoms with van der Waals surface area (Å²) in [4.78, 5) is 11.9. The maximum Gasteiger partial charge on any atom is 0.272 e. The van der Waals surface area contributed by atoms with Crippen molar-refractivity contribution in [3.8, 4) is 0 Å². The Labute approximate surface area is 105 Å². The fraction of sp³-hybridized carbons (Fsp3) is 0.385. The van der Waals surface area contributed by atoms with Gasteiger partial charge in [-0.15, -0.1) is 0 Å². The molecule has 1 amide bonds. The Morgan fingerprint density at radius 3 is 3.22 bits per heavy atom. The van der Waals surface area contributed by atoms with Crippen LogP contribution in [-0.2, 0) is 19.5 Å². The van der Waals surface area contributed by atoms with Gasteiger partial charge in [0, 0.05) is 12.2 Å². The SMILES string of the molecule is O=C(NCc1ccco1)c1cc2n(n1)CCCC2. The number of aromatic nitrogens is 2. The second-order valence-corrected chi connectivity index (χ2v) is 4.46. The molecule has 3 heterocycles. The smallest absolute Gasteiger partial charge is 0.272 e. The molecule has 0 spiro atoms. The molecule has 2 aromatic heterocycles. The highest BCUT2D eigenvalue weighted by Crippen LogP contribution is 2.15. The fourth-order valence-electron chi connectivity index (χ4n) is 2.20. The first-order chi connectivity index (χ1) is 8.83. The Bertz CT molecular complexity index is 519. The fourth-order valence-corrected chi connectivity index (χ4v) is 2.20. The van der Waals surface area contributed by atoms with E-state index in [2.05, 4.69) is 10.4 Å². The summed E-state index contributed by atoms with van der Waals surface area (Å²) in [6.07, 6.45) is 4.93.